The summed E-state index contributed by atoms with van der Waals surface area (Å²) in [6, 6.07) is 12.2. The van der Waals surface area contributed by atoms with Crippen molar-refractivity contribution in [2.75, 3.05) is 17.1 Å². The van der Waals surface area contributed by atoms with Crippen molar-refractivity contribution in [2.45, 2.75) is 71.0 Å². The third-order valence-electron chi connectivity index (χ3n) is 6.74. The standard InChI is InChI=1S/C27H36FN3O4S/c1-4-21-12-9-11-17-25(21)31(36(3,34)35)19-26(32)30(18-22-13-8-10-16-24(22)28)20(2)27(33)29-23-14-6-5-7-15-23/h8-13,16-17,20,23H,4-7,14-15,18-19H2,1-3H3,(H,29,33). The third kappa shape index (κ3) is 7.06. The van der Waals surface area contributed by atoms with Crippen molar-refractivity contribution >= 4 is 27.5 Å². The van der Waals surface area contributed by atoms with Crippen LogP contribution in [0.4, 0.5) is 10.1 Å². The Morgan fingerprint density at radius 2 is 1.64 bits per heavy atom. The number of rotatable bonds is 10. The van der Waals surface area contributed by atoms with Gasteiger partial charge in [-0.25, -0.2) is 12.8 Å². The van der Waals surface area contributed by atoms with Gasteiger partial charge in [-0.1, -0.05) is 62.6 Å². The molecule has 1 aliphatic rings. The molecule has 1 saturated carbocycles. The maximum Gasteiger partial charge on any atom is 0.244 e. The number of para-hydroxylation sites is 1. The molecule has 0 radical (unpaired) electrons. The molecule has 196 valence electrons. The van der Waals surface area contributed by atoms with E-state index in [1.807, 2.05) is 19.1 Å². The predicted octanol–water partition coefficient (Wildman–Crippen LogP) is 4.02. The van der Waals surface area contributed by atoms with Crippen LogP contribution in [0.3, 0.4) is 0 Å². The lowest BCUT2D eigenvalue weighted by atomic mass is 9.95. The van der Waals surface area contributed by atoms with E-state index in [0.29, 0.717) is 12.1 Å². The highest BCUT2D eigenvalue weighted by Crippen LogP contribution is 2.24. The fourth-order valence-corrected chi connectivity index (χ4v) is 5.49. The van der Waals surface area contributed by atoms with Crippen molar-refractivity contribution in [3.63, 3.8) is 0 Å². The highest BCUT2D eigenvalue weighted by molar-refractivity contribution is 7.92. The van der Waals surface area contributed by atoms with Crippen LogP contribution in [0.1, 0.15) is 57.1 Å². The molecule has 0 saturated heterocycles. The van der Waals surface area contributed by atoms with Gasteiger partial charge in [0, 0.05) is 18.2 Å². The van der Waals surface area contributed by atoms with Crippen molar-refractivity contribution in [1.82, 2.24) is 10.2 Å². The molecule has 3 rings (SSSR count). The maximum absolute atomic E-state index is 14.5. The van der Waals surface area contributed by atoms with E-state index in [4.69, 9.17) is 0 Å². The average molecular weight is 518 g/mol. The number of anilines is 1. The monoisotopic (exact) mass is 517 g/mol. The largest absolute Gasteiger partial charge is 0.352 e. The zero-order valence-electron chi connectivity index (χ0n) is 21.2. The van der Waals surface area contributed by atoms with Crippen LogP contribution in [0.25, 0.3) is 0 Å². The summed E-state index contributed by atoms with van der Waals surface area (Å²) in [7, 11) is -3.82. The highest BCUT2D eigenvalue weighted by atomic mass is 32.2. The Kier molecular flexibility index (Phi) is 9.48. The molecule has 36 heavy (non-hydrogen) atoms. The molecule has 1 fully saturated rings. The minimum absolute atomic E-state index is 0.0445. The molecule has 2 amide bonds. The summed E-state index contributed by atoms with van der Waals surface area (Å²) in [4.78, 5) is 28.1. The maximum atomic E-state index is 14.5. The molecule has 2 aromatic rings. The summed E-state index contributed by atoms with van der Waals surface area (Å²) in [6.07, 6.45) is 6.61. The lowest BCUT2D eigenvalue weighted by Gasteiger charge is -2.33. The molecule has 0 bridgehead atoms. The van der Waals surface area contributed by atoms with E-state index in [-0.39, 0.29) is 24.1 Å². The van der Waals surface area contributed by atoms with E-state index in [1.165, 1.54) is 11.0 Å². The van der Waals surface area contributed by atoms with Crippen molar-refractivity contribution in [3.05, 3.63) is 65.5 Å². The van der Waals surface area contributed by atoms with Gasteiger partial charge in [0.1, 0.15) is 18.4 Å². The van der Waals surface area contributed by atoms with Gasteiger partial charge in [-0.2, -0.15) is 0 Å². The summed E-state index contributed by atoms with van der Waals surface area (Å²) in [6.45, 7) is 2.86. The van der Waals surface area contributed by atoms with E-state index in [9.17, 15) is 22.4 Å². The number of amides is 2. The molecule has 1 N–H and O–H groups in total. The van der Waals surface area contributed by atoms with E-state index in [0.717, 1.165) is 48.2 Å². The third-order valence-corrected chi connectivity index (χ3v) is 7.86. The van der Waals surface area contributed by atoms with Crippen LogP contribution in [-0.2, 0) is 32.6 Å². The van der Waals surface area contributed by atoms with Gasteiger partial charge < -0.3 is 10.2 Å². The summed E-state index contributed by atoms with van der Waals surface area (Å²) in [5.41, 5.74) is 1.45. The summed E-state index contributed by atoms with van der Waals surface area (Å²) in [5, 5.41) is 3.03. The van der Waals surface area contributed by atoms with Crippen LogP contribution in [0.15, 0.2) is 48.5 Å². The number of nitrogens with zero attached hydrogens (tertiary/aromatic N) is 2. The van der Waals surface area contributed by atoms with Crippen LogP contribution in [0, 0.1) is 5.82 Å². The second-order valence-electron chi connectivity index (χ2n) is 9.38. The normalized spacial score (nSPS) is 15.2. The van der Waals surface area contributed by atoms with E-state index in [2.05, 4.69) is 5.32 Å². The van der Waals surface area contributed by atoms with Crippen molar-refractivity contribution < 1.29 is 22.4 Å². The SMILES string of the molecule is CCc1ccccc1N(CC(=O)N(Cc1ccccc1F)C(C)C(=O)NC1CCCCC1)S(C)(=O)=O. The van der Waals surface area contributed by atoms with E-state index < -0.39 is 34.3 Å². The molecule has 0 aromatic heterocycles. The molecule has 0 aliphatic heterocycles. The highest BCUT2D eigenvalue weighted by Gasteiger charge is 2.32. The number of carbonyl (C=O) groups is 2. The number of hydrogen-bond acceptors (Lipinski definition) is 4. The second-order valence-corrected chi connectivity index (χ2v) is 11.3. The molecule has 7 nitrogen and oxygen atoms in total. The Balaban J connectivity index is 1.90. The molecular weight excluding hydrogens is 481 g/mol. The number of nitrogens with one attached hydrogen (secondary N) is 1. The first kappa shape index (κ1) is 27.6. The van der Waals surface area contributed by atoms with E-state index >= 15 is 0 Å². The van der Waals surface area contributed by atoms with Crippen molar-refractivity contribution in [3.8, 4) is 0 Å². The lowest BCUT2D eigenvalue weighted by molar-refractivity contribution is -0.139. The number of aryl methyl sites for hydroxylation is 1. The van der Waals surface area contributed by atoms with Crippen LogP contribution >= 0.6 is 0 Å². The van der Waals surface area contributed by atoms with Gasteiger partial charge in [0.15, 0.2) is 0 Å². The minimum Gasteiger partial charge on any atom is -0.352 e. The number of benzene rings is 2. The molecule has 1 aliphatic carbocycles. The van der Waals surface area contributed by atoms with Crippen LogP contribution < -0.4 is 9.62 Å². The summed E-state index contributed by atoms with van der Waals surface area (Å²) < 4.78 is 41.1. The first-order valence-electron chi connectivity index (χ1n) is 12.5. The zero-order chi connectivity index (χ0) is 26.3. The fourth-order valence-electron chi connectivity index (χ4n) is 4.61. The molecule has 1 unspecified atom stereocenters. The topological polar surface area (TPSA) is 86.8 Å². The molecule has 0 heterocycles. The Hall–Kier alpha value is -2.94. The first-order valence-corrected chi connectivity index (χ1v) is 14.4. The van der Waals surface area contributed by atoms with Gasteiger partial charge in [-0.15, -0.1) is 0 Å². The fraction of sp³-hybridized carbons (Fsp3) is 0.481. The van der Waals surface area contributed by atoms with E-state index in [1.54, 1.807) is 37.3 Å². The average Bonchev–Trinajstić information content (AvgIpc) is 2.86. The van der Waals surface area contributed by atoms with Gasteiger partial charge in [0.05, 0.1) is 11.9 Å². The lowest BCUT2D eigenvalue weighted by Crippen LogP contribution is -2.53. The Bertz CT molecular complexity index is 1170. The quantitative estimate of drug-likeness (QED) is 0.516. The smallest absolute Gasteiger partial charge is 0.244 e. The van der Waals surface area contributed by atoms with Gasteiger partial charge in [0.25, 0.3) is 0 Å². The minimum atomic E-state index is -3.82. The second kappa shape index (κ2) is 12.3. The summed E-state index contributed by atoms with van der Waals surface area (Å²) >= 11 is 0. The Morgan fingerprint density at radius 1 is 1.03 bits per heavy atom. The molecular formula is C27H36FN3O4S. The molecule has 1 atom stereocenters. The van der Waals surface area contributed by atoms with Gasteiger partial charge in [-0.05, 0) is 43.9 Å². The zero-order valence-corrected chi connectivity index (χ0v) is 22.1. The molecule has 0 spiro atoms. The van der Waals surface area contributed by atoms with Crippen LogP contribution in [0.2, 0.25) is 0 Å². The Morgan fingerprint density at radius 3 is 2.25 bits per heavy atom. The number of carbonyl (C=O) groups excluding carboxylic acids is 2. The number of halogens is 1. The van der Waals surface area contributed by atoms with Crippen molar-refractivity contribution in [2.24, 2.45) is 0 Å². The molecule has 9 heteroatoms. The summed E-state index contributed by atoms with van der Waals surface area (Å²) in [5.74, 6) is -1.40. The van der Waals surface area contributed by atoms with Gasteiger partial charge >= 0.3 is 0 Å². The number of sulfonamides is 1. The van der Waals surface area contributed by atoms with Crippen molar-refractivity contribution in [1.29, 1.82) is 0 Å². The van der Waals surface area contributed by atoms with Crippen LogP contribution in [-0.4, -0.2) is 50.0 Å². The number of hydrogen-bond donors (Lipinski definition) is 1. The van der Waals surface area contributed by atoms with Crippen LogP contribution in [0.5, 0.6) is 0 Å². The van der Waals surface area contributed by atoms with Gasteiger partial charge in [-0.3, -0.25) is 13.9 Å². The first-order chi connectivity index (χ1) is 17.1. The van der Waals surface area contributed by atoms with Gasteiger partial charge in [0.2, 0.25) is 21.8 Å². The molecule has 2 aromatic carbocycles. The predicted molar refractivity (Wildman–Crippen MR) is 139 cm³/mol. The Labute approximate surface area is 213 Å².